The number of halogens is 3. The van der Waals surface area contributed by atoms with Crippen LogP contribution in [0.2, 0.25) is 34.8 Å². The van der Waals surface area contributed by atoms with Gasteiger partial charge in [-0.3, -0.25) is 4.79 Å². The van der Waals surface area contributed by atoms with Gasteiger partial charge in [-0.25, -0.2) is 9.69 Å². The van der Waals surface area contributed by atoms with Gasteiger partial charge in [0.1, 0.15) is 12.4 Å². The lowest BCUT2D eigenvalue weighted by Gasteiger charge is -2.44. The van der Waals surface area contributed by atoms with Crippen molar-refractivity contribution in [2.24, 2.45) is 0 Å². The van der Waals surface area contributed by atoms with Crippen LogP contribution in [0.15, 0.2) is 23.9 Å². The summed E-state index contributed by atoms with van der Waals surface area (Å²) in [6, 6.07) is 2.89. The quantitative estimate of drug-likeness (QED) is 0.187. The molecule has 254 valence electrons. The summed E-state index contributed by atoms with van der Waals surface area (Å²) in [4.78, 5) is 31.7. The highest BCUT2D eigenvalue weighted by Gasteiger charge is 2.52. The number of fused-ring (bicyclic) bond motifs is 2. The molecular formula is C32H51Cl3N2O6Si2. The maximum absolute atomic E-state index is 14.4. The normalized spacial score (nSPS) is 19.5. The number of rotatable bonds is 9. The van der Waals surface area contributed by atoms with Crippen LogP contribution >= 0.6 is 34.8 Å². The molecule has 0 N–H and O–H groups in total. The highest BCUT2D eigenvalue weighted by Crippen LogP contribution is 2.49. The molecule has 3 rings (SSSR count). The number of carbonyl (C=O) groups is 2. The molecule has 2 aliphatic heterocycles. The number of benzene rings is 1. The smallest absolute Gasteiger partial charge is 0.416 e. The lowest BCUT2D eigenvalue weighted by Crippen LogP contribution is -2.58. The predicted octanol–water partition coefficient (Wildman–Crippen LogP) is 10.0. The van der Waals surface area contributed by atoms with Crippen LogP contribution in [0.4, 0.5) is 10.5 Å². The van der Waals surface area contributed by atoms with E-state index in [-0.39, 0.29) is 33.1 Å². The number of anilines is 1. The Balaban J connectivity index is 2.38. The van der Waals surface area contributed by atoms with Crippen molar-refractivity contribution in [3.8, 4) is 11.5 Å². The summed E-state index contributed by atoms with van der Waals surface area (Å²) in [5, 5.41) is -0.198. The summed E-state index contributed by atoms with van der Waals surface area (Å²) in [7, 11) is -3.47. The fourth-order valence-electron chi connectivity index (χ4n) is 6.44. The summed E-state index contributed by atoms with van der Waals surface area (Å²) in [6.07, 6.45) is 0.663. The van der Waals surface area contributed by atoms with Crippen LogP contribution < -0.4 is 14.1 Å². The summed E-state index contributed by atoms with van der Waals surface area (Å²) in [5.41, 5.74) is 2.34. The van der Waals surface area contributed by atoms with E-state index in [2.05, 4.69) is 75.4 Å². The second kappa shape index (κ2) is 13.6. The van der Waals surface area contributed by atoms with E-state index in [1.54, 1.807) is 24.1 Å². The molecule has 2 amide bonds. The van der Waals surface area contributed by atoms with Gasteiger partial charge >= 0.3 is 6.09 Å². The molecule has 45 heavy (non-hydrogen) atoms. The van der Waals surface area contributed by atoms with Gasteiger partial charge in [-0.05, 0) is 54.2 Å². The first-order chi connectivity index (χ1) is 20.5. The zero-order valence-electron chi connectivity index (χ0n) is 29.0. The zero-order valence-corrected chi connectivity index (χ0v) is 33.3. The van der Waals surface area contributed by atoms with Crippen LogP contribution in [0.5, 0.6) is 11.5 Å². The SMILES string of the molecule is COc1cc2c(cc1O[Si](C(C)C)(C(C)C)C(C)C)N(C(=O)OCC(Cl)(Cl)Cl)C(O[Si](C)(C)C(C)(C)C)[C@@H]1CC(C)=CN1C2=O. The van der Waals surface area contributed by atoms with E-state index in [9.17, 15) is 9.59 Å². The Labute approximate surface area is 286 Å². The van der Waals surface area contributed by atoms with Gasteiger partial charge in [0.05, 0.1) is 24.4 Å². The van der Waals surface area contributed by atoms with E-state index in [0.29, 0.717) is 23.6 Å². The predicted molar refractivity (Wildman–Crippen MR) is 189 cm³/mol. The molecule has 2 aliphatic rings. The maximum Gasteiger partial charge on any atom is 0.416 e. The topological polar surface area (TPSA) is 77.5 Å². The van der Waals surface area contributed by atoms with Crippen molar-refractivity contribution in [1.82, 2.24) is 4.90 Å². The van der Waals surface area contributed by atoms with Crippen molar-refractivity contribution >= 4 is 69.1 Å². The minimum Gasteiger partial charge on any atom is -0.540 e. The third-order valence-electron chi connectivity index (χ3n) is 9.61. The Morgan fingerprint density at radius 1 is 1.00 bits per heavy atom. The van der Waals surface area contributed by atoms with E-state index < -0.39 is 45.4 Å². The minimum atomic E-state index is -2.54. The van der Waals surface area contributed by atoms with Crippen LogP contribution in [0.3, 0.4) is 0 Å². The molecule has 0 aromatic heterocycles. The molecule has 0 saturated heterocycles. The average molecular weight is 722 g/mol. The largest absolute Gasteiger partial charge is 0.540 e. The second-order valence-corrected chi connectivity index (χ2v) is 27.4. The Morgan fingerprint density at radius 2 is 1.56 bits per heavy atom. The van der Waals surface area contributed by atoms with Crippen molar-refractivity contribution in [2.75, 3.05) is 18.6 Å². The zero-order chi connectivity index (χ0) is 34.4. The summed E-state index contributed by atoms with van der Waals surface area (Å²) in [5.74, 6) is 0.596. The first-order valence-electron chi connectivity index (χ1n) is 15.6. The monoisotopic (exact) mass is 720 g/mol. The number of amides is 2. The van der Waals surface area contributed by atoms with E-state index >= 15 is 0 Å². The van der Waals surface area contributed by atoms with E-state index in [0.717, 1.165) is 5.57 Å². The number of ether oxygens (including phenoxy) is 2. The van der Waals surface area contributed by atoms with Crippen LogP contribution in [0.25, 0.3) is 0 Å². The molecule has 2 atom stereocenters. The number of hydrogen-bond acceptors (Lipinski definition) is 6. The fraction of sp³-hybridized carbons (Fsp3) is 0.688. The number of nitrogens with zero attached hydrogens (tertiary/aromatic N) is 2. The molecule has 0 radical (unpaired) electrons. The van der Waals surface area contributed by atoms with Gasteiger partial charge in [-0.2, -0.15) is 0 Å². The van der Waals surface area contributed by atoms with E-state index in [4.69, 9.17) is 53.1 Å². The molecule has 0 spiro atoms. The molecule has 0 bridgehead atoms. The number of alkyl halides is 3. The summed E-state index contributed by atoms with van der Waals surface area (Å²) >= 11 is 18.1. The Morgan fingerprint density at radius 3 is 2.02 bits per heavy atom. The highest BCUT2D eigenvalue weighted by atomic mass is 35.6. The van der Waals surface area contributed by atoms with E-state index in [1.807, 2.05) is 13.1 Å². The Kier molecular flexibility index (Phi) is 11.5. The molecule has 1 aromatic carbocycles. The fourth-order valence-corrected chi connectivity index (χ4v) is 13.1. The van der Waals surface area contributed by atoms with Crippen molar-refractivity contribution < 1.29 is 27.9 Å². The molecule has 13 heteroatoms. The summed E-state index contributed by atoms with van der Waals surface area (Å²) in [6.45, 7) is 25.2. The molecular weight excluding hydrogens is 671 g/mol. The van der Waals surface area contributed by atoms with Crippen molar-refractivity contribution in [3.05, 3.63) is 29.5 Å². The van der Waals surface area contributed by atoms with Crippen molar-refractivity contribution in [3.63, 3.8) is 0 Å². The van der Waals surface area contributed by atoms with Crippen LogP contribution in [-0.2, 0) is 9.16 Å². The second-order valence-electron chi connectivity index (χ2n) is 14.7. The molecule has 0 aliphatic carbocycles. The van der Waals surface area contributed by atoms with Gasteiger partial charge in [0.25, 0.3) is 14.2 Å². The van der Waals surface area contributed by atoms with Gasteiger partial charge < -0.3 is 23.2 Å². The molecule has 8 nitrogen and oxygen atoms in total. The van der Waals surface area contributed by atoms with Gasteiger partial charge in [-0.15, -0.1) is 0 Å². The van der Waals surface area contributed by atoms with Gasteiger partial charge in [0.15, 0.2) is 20.3 Å². The maximum atomic E-state index is 14.4. The Bertz CT molecular complexity index is 1290. The van der Waals surface area contributed by atoms with Crippen LogP contribution in [0.1, 0.15) is 86.0 Å². The van der Waals surface area contributed by atoms with Crippen molar-refractivity contribution in [1.29, 1.82) is 0 Å². The van der Waals surface area contributed by atoms with E-state index in [1.165, 1.54) is 4.90 Å². The van der Waals surface area contributed by atoms with Gasteiger partial charge in [0, 0.05) is 12.3 Å². The number of hydrogen-bond donors (Lipinski definition) is 0. The molecule has 1 aromatic rings. The average Bonchev–Trinajstić information content (AvgIpc) is 3.26. The minimum absolute atomic E-state index is 0.198. The first-order valence-corrected chi connectivity index (χ1v) is 21.8. The lowest BCUT2D eigenvalue weighted by atomic mass is 10.1. The molecule has 2 heterocycles. The third kappa shape index (κ3) is 7.67. The Hall–Kier alpha value is -1.44. The number of methoxy groups -OCH3 is 1. The lowest BCUT2D eigenvalue weighted by molar-refractivity contribution is 0.0584. The van der Waals surface area contributed by atoms with Gasteiger partial charge in [0.2, 0.25) is 3.79 Å². The standard InChI is InChI=1S/C32H51Cl3N2O6Si2/c1-19(2)45(20(3)4,21(5)6)42-27-16-24-23(15-26(27)40-11)28(38)36-17-22(7)14-25(36)29(43-44(12,13)31(8,9)10)37(24)30(39)41-18-32(33,34)35/h15-17,19-21,25,29H,14,18H2,1-13H3/t25-,29?/m0/s1. The van der Waals surface area contributed by atoms with Crippen LogP contribution in [-0.4, -0.2) is 63.3 Å². The number of carbonyl (C=O) groups excluding carboxylic acids is 2. The molecule has 1 unspecified atom stereocenters. The highest BCUT2D eigenvalue weighted by molar-refractivity contribution is 6.78. The van der Waals surface area contributed by atoms with Crippen molar-refractivity contribution in [2.45, 2.75) is 126 Å². The molecule has 0 fully saturated rings. The molecule has 0 saturated carbocycles. The third-order valence-corrected chi connectivity index (χ3v) is 20.4. The van der Waals surface area contributed by atoms with Crippen LogP contribution in [0, 0.1) is 0 Å². The van der Waals surface area contributed by atoms with Gasteiger partial charge in [-0.1, -0.05) is 103 Å². The summed E-state index contributed by atoms with van der Waals surface area (Å²) < 4.78 is 23.8. The first kappa shape index (κ1) is 38.0.